The molecule has 0 aromatic heterocycles. The Bertz CT molecular complexity index is 1100. The molecule has 136 valence electrons. The number of ether oxygens (including phenoxy) is 1. The summed E-state index contributed by atoms with van der Waals surface area (Å²) in [5.41, 5.74) is 0.937. The third-order valence-electron chi connectivity index (χ3n) is 6.53. The van der Waals surface area contributed by atoms with Crippen molar-refractivity contribution in [2.24, 2.45) is 10.8 Å². The third kappa shape index (κ3) is 2.30. The Kier molecular flexibility index (Phi) is 3.76. The molecule has 1 spiro atoms. The van der Waals surface area contributed by atoms with Crippen molar-refractivity contribution in [1.29, 1.82) is 10.5 Å². The van der Waals surface area contributed by atoms with Gasteiger partial charge in [-0.1, -0.05) is 72.8 Å². The van der Waals surface area contributed by atoms with E-state index in [-0.39, 0.29) is 17.4 Å². The lowest BCUT2D eigenvalue weighted by molar-refractivity contribution is -0.147. The zero-order chi connectivity index (χ0) is 19.2. The first kappa shape index (κ1) is 17.0. The van der Waals surface area contributed by atoms with E-state index in [1.807, 2.05) is 42.5 Å². The van der Waals surface area contributed by atoms with Gasteiger partial charge in [-0.25, -0.2) is 0 Å². The van der Waals surface area contributed by atoms with Crippen LogP contribution in [0.1, 0.15) is 29.9 Å². The topological polar surface area (TPSA) is 56.8 Å². The summed E-state index contributed by atoms with van der Waals surface area (Å²) in [7, 11) is 0. The van der Waals surface area contributed by atoms with E-state index in [4.69, 9.17) is 4.74 Å². The second-order valence-corrected chi connectivity index (χ2v) is 8.04. The van der Waals surface area contributed by atoms with E-state index in [9.17, 15) is 10.5 Å². The maximum absolute atomic E-state index is 10.1. The second kappa shape index (κ2) is 6.20. The summed E-state index contributed by atoms with van der Waals surface area (Å²) < 4.78 is 6.23. The van der Waals surface area contributed by atoms with Crippen LogP contribution >= 0.6 is 0 Å². The van der Waals surface area contributed by atoms with Crippen molar-refractivity contribution in [3.05, 3.63) is 83.9 Å². The molecule has 2 fully saturated rings. The Labute approximate surface area is 164 Å². The highest BCUT2D eigenvalue weighted by molar-refractivity contribution is 5.83. The van der Waals surface area contributed by atoms with Crippen LogP contribution in [0.5, 0.6) is 0 Å². The fourth-order valence-corrected chi connectivity index (χ4v) is 5.11. The van der Waals surface area contributed by atoms with E-state index in [2.05, 4.69) is 42.5 Å². The van der Waals surface area contributed by atoms with Gasteiger partial charge in [-0.2, -0.15) is 10.5 Å². The molecule has 2 saturated carbocycles. The van der Waals surface area contributed by atoms with Gasteiger partial charge in [0, 0.05) is 11.3 Å². The predicted molar refractivity (Wildman–Crippen MR) is 107 cm³/mol. The molecule has 5 rings (SSSR count). The number of hydrogen-bond donors (Lipinski definition) is 0. The molecule has 3 aromatic rings. The first-order valence-corrected chi connectivity index (χ1v) is 9.70. The van der Waals surface area contributed by atoms with E-state index in [0.29, 0.717) is 6.61 Å². The van der Waals surface area contributed by atoms with Crippen molar-refractivity contribution >= 4 is 10.8 Å². The largest absolute Gasteiger partial charge is 0.370 e. The Morgan fingerprint density at radius 1 is 0.857 bits per heavy atom. The summed E-state index contributed by atoms with van der Waals surface area (Å²) in [6.45, 7) is 0.433. The fraction of sp³-hybridized carbons (Fsp3) is 0.280. The number of rotatable bonds is 4. The number of hydrogen-bond acceptors (Lipinski definition) is 3. The quantitative estimate of drug-likeness (QED) is 0.628. The van der Waals surface area contributed by atoms with Gasteiger partial charge in [-0.15, -0.1) is 0 Å². The molecule has 3 aromatic carbocycles. The minimum atomic E-state index is -1.13. The van der Waals surface area contributed by atoms with E-state index < -0.39 is 5.41 Å². The van der Waals surface area contributed by atoms with Crippen molar-refractivity contribution in [2.75, 3.05) is 0 Å². The zero-order valence-electron chi connectivity index (χ0n) is 15.5. The minimum Gasteiger partial charge on any atom is -0.370 e. The fourth-order valence-electron chi connectivity index (χ4n) is 5.11. The van der Waals surface area contributed by atoms with Crippen LogP contribution in [-0.2, 0) is 11.3 Å². The lowest BCUT2D eigenvalue weighted by atomic mass is 9.48. The van der Waals surface area contributed by atoms with Crippen LogP contribution in [0, 0.1) is 33.5 Å². The molecule has 0 aliphatic heterocycles. The van der Waals surface area contributed by atoms with Gasteiger partial charge in [0.2, 0.25) is 0 Å². The standard InChI is InChI=1S/C25H20N2O/c26-16-25(17-27)22(21-11-10-19-8-4-5-9-20(19)14-21)24(12-13-24)23(25)28-15-18-6-2-1-3-7-18/h1-11,14,22-23H,12-13,15H2/t22-,23-/m1/s1. The maximum atomic E-state index is 10.1. The van der Waals surface area contributed by atoms with Crippen LogP contribution in [0.4, 0.5) is 0 Å². The van der Waals surface area contributed by atoms with Crippen LogP contribution < -0.4 is 0 Å². The van der Waals surface area contributed by atoms with E-state index in [1.165, 1.54) is 5.39 Å². The highest BCUT2D eigenvalue weighted by Crippen LogP contribution is 2.76. The number of nitrogens with zero attached hydrogens (tertiary/aromatic N) is 2. The maximum Gasteiger partial charge on any atom is 0.177 e. The predicted octanol–water partition coefficient (Wildman–Crippen LogP) is 5.34. The van der Waals surface area contributed by atoms with Gasteiger partial charge in [0.25, 0.3) is 0 Å². The van der Waals surface area contributed by atoms with Crippen molar-refractivity contribution in [3.8, 4) is 12.1 Å². The van der Waals surface area contributed by atoms with Crippen LogP contribution in [0.25, 0.3) is 10.8 Å². The van der Waals surface area contributed by atoms with Crippen LogP contribution in [0.2, 0.25) is 0 Å². The van der Waals surface area contributed by atoms with Gasteiger partial charge in [0.05, 0.1) is 24.8 Å². The van der Waals surface area contributed by atoms with E-state index >= 15 is 0 Å². The van der Waals surface area contributed by atoms with E-state index in [1.54, 1.807) is 0 Å². The molecule has 0 bridgehead atoms. The van der Waals surface area contributed by atoms with Crippen LogP contribution in [0.15, 0.2) is 72.8 Å². The monoisotopic (exact) mass is 364 g/mol. The molecular weight excluding hydrogens is 344 g/mol. The van der Waals surface area contributed by atoms with E-state index in [0.717, 1.165) is 29.4 Å². The normalized spacial score (nSPS) is 23.5. The third-order valence-corrected chi connectivity index (χ3v) is 6.53. The molecule has 0 radical (unpaired) electrons. The van der Waals surface area contributed by atoms with Crippen LogP contribution in [0.3, 0.4) is 0 Å². The molecule has 0 unspecified atom stereocenters. The summed E-state index contributed by atoms with van der Waals surface area (Å²) in [4.78, 5) is 0. The molecular formula is C25H20N2O. The molecule has 0 saturated heterocycles. The van der Waals surface area contributed by atoms with Gasteiger partial charge < -0.3 is 4.74 Å². The Morgan fingerprint density at radius 2 is 1.54 bits per heavy atom. The van der Waals surface area contributed by atoms with Crippen molar-refractivity contribution in [3.63, 3.8) is 0 Å². The van der Waals surface area contributed by atoms with Gasteiger partial charge in [0.15, 0.2) is 5.41 Å². The first-order chi connectivity index (χ1) is 13.7. The molecule has 0 N–H and O–H groups in total. The molecule has 3 nitrogen and oxygen atoms in total. The minimum absolute atomic E-state index is 0.0807. The molecule has 3 heteroatoms. The Balaban J connectivity index is 1.50. The first-order valence-electron chi connectivity index (χ1n) is 9.70. The summed E-state index contributed by atoms with van der Waals surface area (Å²) >= 11 is 0. The summed E-state index contributed by atoms with van der Waals surface area (Å²) in [5, 5.41) is 22.4. The highest BCUT2D eigenvalue weighted by atomic mass is 16.5. The van der Waals surface area contributed by atoms with Crippen LogP contribution in [-0.4, -0.2) is 6.10 Å². The Morgan fingerprint density at radius 3 is 2.21 bits per heavy atom. The second-order valence-electron chi connectivity index (χ2n) is 8.04. The summed E-state index contributed by atoms with van der Waals surface area (Å²) in [6.07, 6.45) is 1.68. The highest BCUT2D eigenvalue weighted by Gasteiger charge is 2.78. The zero-order valence-corrected chi connectivity index (χ0v) is 15.5. The number of fused-ring (bicyclic) bond motifs is 1. The summed E-state index contributed by atoms with van der Waals surface area (Å²) in [5.74, 6) is -0.0969. The average molecular weight is 364 g/mol. The summed E-state index contributed by atoms with van der Waals surface area (Å²) in [6, 6.07) is 29.2. The van der Waals surface area contributed by atoms with Gasteiger partial charge >= 0.3 is 0 Å². The number of benzene rings is 3. The van der Waals surface area contributed by atoms with Gasteiger partial charge in [0.1, 0.15) is 0 Å². The van der Waals surface area contributed by atoms with Gasteiger partial charge in [-0.3, -0.25) is 0 Å². The molecule has 0 heterocycles. The SMILES string of the molecule is N#CC1(C#N)[C@H](OCc2ccccc2)C2(CC2)[C@H]1c1ccc2ccccc2c1. The number of nitriles is 2. The molecule has 2 aliphatic carbocycles. The molecule has 28 heavy (non-hydrogen) atoms. The lowest BCUT2D eigenvalue weighted by Gasteiger charge is -2.55. The van der Waals surface area contributed by atoms with Crippen molar-refractivity contribution in [2.45, 2.75) is 31.5 Å². The lowest BCUT2D eigenvalue weighted by Crippen LogP contribution is -2.60. The van der Waals surface area contributed by atoms with Crippen molar-refractivity contribution < 1.29 is 4.74 Å². The Hall–Kier alpha value is -3.14. The molecule has 2 atom stereocenters. The smallest absolute Gasteiger partial charge is 0.177 e. The molecule has 0 amide bonds. The van der Waals surface area contributed by atoms with Crippen molar-refractivity contribution in [1.82, 2.24) is 0 Å². The average Bonchev–Trinajstić information content (AvgIpc) is 3.55. The molecule has 2 aliphatic rings. The van der Waals surface area contributed by atoms with Gasteiger partial charge in [-0.05, 0) is 34.7 Å².